The van der Waals surface area contributed by atoms with Crippen LogP contribution in [0.25, 0.3) is 0 Å². The van der Waals surface area contributed by atoms with Gasteiger partial charge in [0.1, 0.15) is 5.78 Å². The minimum atomic E-state index is -0.421. The molecule has 1 heteroatoms. The third kappa shape index (κ3) is 2.79. The van der Waals surface area contributed by atoms with Gasteiger partial charge in [-0.05, 0) is 18.9 Å². The lowest BCUT2D eigenvalue weighted by molar-refractivity contribution is -0.125. The van der Waals surface area contributed by atoms with Crippen molar-refractivity contribution in [1.29, 1.82) is 0 Å². The minimum Gasteiger partial charge on any atom is -0.299 e. The fourth-order valence-electron chi connectivity index (χ4n) is 1.71. The summed E-state index contributed by atoms with van der Waals surface area (Å²) in [5, 5.41) is 0. The van der Waals surface area contributed by atoms with Crippen molar-refractivity contribution in [2.24, 2.45) is 5.41 Å². The van der Waals surface area contributed by atoms with E-state index in [9.17, 15) is 4.79 Å². The van der Waals surface area contributed by atoms with E-state index < -0.39 is 5.41 Å². The standard InChI is InChI=1S/C14H18O/c1-4-13(15)14(3,5-2)11-12-9-7-6-8-10-12/h5-10H,2,4,11H2,1,3H3. The van der Waals surface area contributed by atoms with Crippen molar-refractivity contribution in [1.82, 2.24) is 0 Å². The van der Waals surface area contributed by atoms with E-state index >= 15 is 0 Å². The summed E-state index contributed by atoms with van der Waals surface area (Å²) in [6.45, 7) is 7.63. The Morgan fingerprint density at radius 3 is 2.47 bits per heavy atom. The van der Waals surface area contributed by atoms with Crippen LogP contribution in [0.4, 0.5) is 0 Å². The molecular weight excluding hydrogens is 184 g/mol. The Morgan fingerprint density at radius 2 is 2.00 bits per heavy atom. The quantitative estimate of drug-likeness (QED) is 0.669. The monoisotopic (exact) mass is 202 g/mol. The zero-order valence-corrected chi connectivity index (χ0v) is 9.49. The number of hydrogen-bond acceptors (Lipinski definition) is 1. The number of benzene rings is 1. The van der Waals surface area contributed by atoms with Crippen molar-refractivity contribution in [3.8, 4) is 0 Å². The molecule has 0 heterocycles. The highest BCUT2D eigenvalue weighted by molar-refractivity contribution is 5.86. The first-order valence-electron chi connectivity index (χ1n) is 5.33. The van der Waals surface area contributed by atoms with Gasteiger partial charge in [0.25, 0.3) is 0 Å². The van der Waals surface area contributed by atoms with Gasteiger partial charge < -0.3 is 0 Å². The molecule has 1 rings (SSSR count). The first-order chi connectivity index (χ1) is 7.12. The molecule has 0 spiro atoms. The minimum absolute atomic E-state index is 0.251. The molecule has 0 radical (unpaired) electrons. The van der Waals surface area contributed by atoms with E-state index in [1.54, 1.807) is 6.08 Å². The van der Waals surface area contributed by atoms with Crippen LogP contribution in [-0.2, 0) is 11.2 Å². The molecular formula is C14H18O. The second kappa shape index (κ2) is 4.92. The Morgan fingerprint density at radius 1 is 1.40 bits per heavy atom. The predicted molar refractivity (Wildman–Crippen MR) is 63.7 cm³/mol. The SMILES string of the molecule is C=CC(C)(Cc1ccccc1)C(=O)CC. The highest BCUT2D eigenvalue weighted by Crippen LogP contribution is 2.26. The second-order valence-electron chi connectivity index (χ2n) is 4.06. The summed E-state index contributed by atoms with van der Waals surface area (Å²) >= 11 is 0. The van der Waals surface area contributed by atoms with Gasteiger partial charge >= 0.3 is 0 Å². The molecule has 0 aliphatic rings. The molecule has 80 valence electrons. The van der Waals surface area contributed by atoms with E-state index in [1.165, 1.54) is 5.56 Å². The van der Waals surface area contributed by atoms with Gasteiger partial charge in [-0.3, -0.25) is 4.79 Å². The molecule has 0 aliphatic heterocycles. The molecule has 15 heavy (non-hydrogen) atoms. The Hall–Kier alpha value is -1.37. The van der Waals surface area contributed by atoms with Crippen LogP contribution >= 0.6 is 0 Å². The van der Waals surface area contributed by atoms with Crippen LogP contribution < -0.4 is 0 Å². The fourth-order valence-corrected chi connectivity index (χ4v) is 1.71. The molecule has 0 amide bonds. The summed E-state index contributed by atoms with van der Waals surface area (Å²) in [6, 6.07) is 10.1. The molecule has 0 N–H and O–H groups in total. The smallest absolute Gasteiger partial charge is 0.142 e. The molecule has 0 bridgehead atoms. The van der Waals surface area contributed by atoms with E-state index in [-0.39, 0.29) is 5.78 Å². The molecule has 1 atom stereocenters. The lowest BCUT2D eigenvalue weighted by atomic mass is 9.79. The largest absolute Gasteiger partial charge is 0.299 e. The maximum Gasteiger partial charge on any atom is 0.142 e. The second-order valence-corrected chi connectivity index (χ2v) is 4.06. The molecule has 0 aromatic heterocycles. The fraction of sp³-hybridized carbons (Fsp3) is 0.357. The maximum absolute atomic E-state index is 11.8. The van der Waals surface area contributed by atoms with Crippen molar-refractivity contribution in [2.75, 3.05) is 0 Å². The normalized spacial score (nSPS) is 14.3. The summed E-state index contributed by atoms with van der Waals surface area (Å²) in [6.07, 6.45) is 3.07. The van der Waals surface area contributed by atoms with Crippen LogP contribution in [0.2, 0.25) is 0 Å². The summed E-state index contributed by atoms with van der Waals surface area (Å²) in [4.78, 5) is 11.8. The van der Waals surface area contributed by atoms with Gasteiger partial charge in [-0.2, -0.15) is 0 Å². The third-order valence-electron chi connectivity index (χ3n) is 2.82. The molecule has 0 aliphatic carbocycles. The topological polar surface area (TPSA) is 17.1 Å². The zero-order valence-electron chi connectivity index (χ0n) is 9.49. The number of hydrogen-bond donors (Lipinski definition) is 0. The average Bonchev–Trinajstić information content (AvgIpc) is 2.29. The number of carbonyl (C=O) groups is 1. The average molecular weight is 202 g/mol. The number of carbonyl (C=O) groups excluding carboxylic acids is 1. The van der Waals surface area contributed by atoms with Crippen molar-refractivity contribution in [3.63, 3.8) is 0 Å². The number of rotatable bonds is 5. The van der Waals surface area contributed by atoms with Crippen LogP contribution in [0.5, 0.6) is 0 Å². The van der Waals surface area contributed by atoms with Gasteiger partial charge in [0.15, 0.2) is 0 Å². The van der Waals surface area contributed by atoms with Crippen molar-refractivity contribution >= 4 is 5.78 Å². The third-order valence-corrected chi connectivity index (χ3v) is 2.82. The van der Waals surface area contributed by atoms with Gasteiger partial charge in [0.2, 0.25) is 0 Å². The van der Waals surface area contributed by atoms with E-state index in [0.29, 0.717) is 6.42 Å². The summed E-state index contributed by atoms with van der Waals surface area (Å²) in [5.41, 5.74) is 0.762. The van der Waals surface area contributed by atoms with Crippen LogP contribution in [0.3, 0.4) is 0 Å². The summed E-state index contributed by atoms with van der Waals surface area (Å²) in [5.74, 6) is 0.251. The lowest BCUT2D eigenvalue weighted by Crippen LogP contribution is -2.27. The van der Waals surface area contributed by atoms with E-state index in [1.807, 2.05) is 44.2 Å². The van der Waals surface area contributed by atoms with Crippen molar-refractivity contribution < 1.29 is 4.79 Å². The number of Topliss-reactive ketones (excluding diaryl/α,β-unsaturated/α-hetero) is 1. The number of allylic oxidation sites excluding steroid dienone is 1. The van der Waals surface area contributed by atoms with Crippen LogP contribution in [0, 0.1) is 5.41 Å². The predicted octanol–water partition coefficient (Wildman–Crippen LogP) is 3.40. The molecule has 1 unspecified atom stereocenters. The molecule has 1 nitrogen and oxygen atoms in total. The Bertz CT molecular complexity index is 340. The summed E-state index contributed by atoms with van der Waals surface area (Å²) in [7, 11) is 0. The van der Waals surface area contributed by atoms with Crippen molar-refractivity contribution in [2.45, 2.75) is 26.7 Å². The van der Waals surface area contributed by atoms with Crippen molar-refractivity contribution in [3.05, 3.63) is 48.6 Å². The lowest BCUT2D eigenvalue weighted by Gasteiger charge is -2.23. The number of ketones is 1. The van der Waals surface area contributed by atoms with Gasteiger partial charge in [-0.1, -0.05) is 43.3 Å². The van der Waals surface area contributed by atoms with Gasteiger partial charge in [0.05, 0.1) is 0 Å². The molecule has 1 aromatic carbocycles. The first kappa shape index (κ1) is 11.7. The van der Waals surface area contributed by atoms with E-state index in [4.69, 9.17) is 0 Å². The molecule has 0 saturated heterocycles. The van der Waals surface area contributed by atoms with Gasteiger partial charge in [0, 0.05) is 11.8 Å². The molecule has 0 saturated carbocycles. The Labute approximate surface area is 91.8 Å². The molecule has 1 aromatic rings. The van der Waals surface area contributed by atoms with E-state index in [0.717, 1.165) is 6.42 Å². The van der Waals surface area contributed by atoms with Crippen LogP contribution in [-0.4, -0.2) is 5.78 Å². The highest BCUT2D eigenvalue weighted by atomic mass is 16.1. The maximum atomic E-state index is 11.8. The van der Waals surface area contributed by atoms with Crippen LogP contribution in [0.15, 0.2) is 43.0 Å². The Balaban J connectivity index is 2.86. The van der Waals surface area contributed by atoms with E-state index in [2.05, 4.69) is 6.58 Å². The highest BCUT2D eigenvalue weighted by Gasteiger charge is 2.27. The zero-order chi connectivity index (χ0) is 11.3. The Kier molecular flexibility index (Phi) is 3.84. The first-order valence-corrected chi connectivity index (χ1v) is 5.33. The summed E-state index contributed by atoms with van der Waals surface area (Å²) < 4.78 is 0. The van der Waals surface area contributed by atoms with Crippen LogP contribution in [0.1, 0.15) is 25.8 Å². The molecule has 0 fully saturated rings. The van der Waals surface area contributed by atoms with Gasteiger partial charge in [-0.25, -0.2) is 0 Å². The van der Waals surface area contributed by atoms with Gasteiger partial charge in [-0.15, -0.1) is 6.58 Å².